The van der Waals surface area contributed by atoms with Crippen LogP contribution in [0, 0.1) is 0 Å². The van der Waals surface area contributed by atoms with Gasteiger partial charge >= 0.3 is 12.1 Å². The number of carboxylic acid groups (broad SMARTS) is 1. The van der Waals surface area contributed by atoms with Crippen molar-refractivity contribution in [2.75, 3.05) is 18.5 Å². The zero-order chi connectivity index (χ0) is 12.0. The number of hydrogen-bond acceptors (Lipinski definition) is 6. The Morgan fingerprint density at radius 1 is 1.62 bits per heavy atom. The molecule has 0 bridgehead atoms. The van der Waals surface area contributed by atoms with Gasteiger partial charge in [0, 0.05) is 5.38 Å². The van der Waals surface area contributed by atoms with Gasteiger partial charge in [-0.05, 0) is 0 Å². The fourth-order valence-electron chi connectivity index (χ4n) is 0.934. The van der Waals surface area contributed by atoms with E-state index in [1.165, 1.54) is 11.3 Å². The molecule has 1 amide bonds. The van der Waals surface area contributed by atoms with Crippen LogP contribution in [-0.2, 0) is 16.0 Å². The molecule has 0 aliphatic heterocycles. The lowest BCUT2D eigenvalue weighted by molar-refractivity contribution is -0.136. The standard InChI is InChI=1S/C8H11N3O4S/c9-7(14)15-2-1-10-8-11-5(4-16-8)3-6(12)13/h4H,1-3H2,(H2,9,14)(H,10,11)(H,12,13). The van der Waals surface area contributed by atoms with Crippen LogP contribution in [-0.4, -0.2) is 35.3 Å². The number of carboxylic acids is 1. The number of nitrogens with zero attached hydrogens (tertiary/aromatic N) is 1. The molecule has 0 saturated heterocycles. The van der Waals surface area contributed by atoms with Crippen molar-refractivity contribution in [3.63, 3.8) is 0 Å². The van der Waals surface area contributed by atoms with E-state index in [0.717, 1.165) is 0 Å². The minimum absolute atomic E-state index is 0.101. The largest absolute Gasteiger partial charge is 0.481 e. The quantitative estimate of drug-likeness (QED) is 0.620. The Morgan fingerprint density at radius 3 is 3.00 bits per heavy atom. The maximum atomic E-state index is 10.4. The van der Waals surface area contributed by atoms with Gasteiger partial charge in [0.05, 0.1) is 18.7 Å². The van der Waals surface area contributed by atoms with Crippen LogP contribution in [0.15, 0.2) is 5.38 Å². The zero-order valence-electron chi connectivity index (χ0n) is 8.30. The summed E-state index contributed by atoms with van der Waals surface area (Å²) in [5, 5.41) is 13.6. The third-order valence-electron chi connectivity index (χ3n) is 1.51. The maximum Gasteiger partial charge on any atom is 0.404 e. The van der Waals surface area contributed by atoms with E-state index in [0.29, 0.717) is 17.4 Å². The molecular formula is C8H11N3O4S. The molecule has 0 spiro atoms. The van der Waals surface area contributed by atoms with Gasteiger partial charge in [-0.25, -0.2) is 9.78 Å². The average Bonchev–Trinajstić information content (AvgIpc) is 2.59. The Morgan fingerprint density at radius 2 is 2.38 bits per heavy atom. The van der Waals surface area contributed by atoms with Crippen LogP contribution < -0.4 is 11.1 Å². The summed E-state index contributed by atoms with van der Waals surface area (Å²) in [6, 6.07) is 0. The van der Waals surface area contributed by atoms with Gasteiger partial charge < -0.3 is 20.9 Å². The van der Waals surface area contributed by atoms with Crippen molar-refractivity contribution in [2.45, 2.75) is 6.42 Å². The first-order valence-corrected chi connectivity index (χ1v) is 5.28. The monoisotopic (exact) mass is 245 g/mol. The van der Waals surface area contributed by atoms with E-state index < -0.39 is 12.1 Å². The lowest BCUT2D eigenvalue weighted by Crippen LogP contribution is -2.18. The van der Waals surface area contributed by atoms with Crippen molar-refractivity contribution in [1.29, 1.82) is 0 Å². The summed E-state index contributed by atoms with van der Waals surface area (Å²) in [5.41, 5.74) is 5.26. The molecule has 0 aliphatic carbocycles. The van der Waals surface area contributed by atoms with Gasteiger partial charge in [-0.15, -0.1) is 11.3 Å². The second-order valence-corrected chi connectivity index (χ2v) is 3.67. The van der Waals surface area contributed by atoms with E-state index in [4.69, 9.17) is 10.8 Å². The van der Waals surface area contributed by atoms with Crippen LogP contribution in [0.1, 0.15) is 5.69 Å². The predicted molar refractivity (Wildman–Crippen MR) is 57.5 cm³/mol. The van der Waals surface area contributed by atoms with Crippen molar-refractivity contribution in [3.05, 3.63) is 11.1 Å². The topological polar surface area (TPSA) is 115 Å². The van der Waals surface area contributed by atoms with E-state index in [-0.39, 0.29) is 13.0 Å². The summed E-state index contributed by atoms with van der Waals surface area (Å²) in [6.45, 7) is 0.520. The van der Waals surface area contributed by atoms with Gasteiger partial charge in [0.2, 0.25) is 0 Å². The van der Waals surface area contributed by atoms with Gasteiger partial charge in [0.25, 0.3) is 0 Å². The molecule has 8 heteroatoms. The highest BCUT2D eigenvalue weighted by molar-refractivity contribution is 7.13. The molecule has 1 aromatic rings. The zero-order valence-corrected chi connectivity index (χ0v) is 9.12. The van der Waals surface area contributed by atoms with Crippen LogP contribution in [0.2, 0.25) is 0 Å². The minimum atomic E-state index is -0.922. The molecule has 4 N–H and O–H groups in total. The number of thiazole rings is 1. The first-order chi connectivity index (χ1) is 7.58. The van der Waals surface area contributed by atoms with Crippen LogP contribution >= 0.6 is 11.3 Å². The molecule has 1 rings (SSSR count). The van der Waals surface area contributed by atoms with E-state index in [2.05, 4.69) is 15.0 Å². The normalized spacial score (nSPS) is 9.75. The second-order valence-electron chi connectivity index (χ2n) is 2.81. The molecular weight excluding hydrogens is 234 g/mol. The molecule has 0 atom stereocenters. The number of aromatic nitrogens is 1. The Bertz CT molecular complexity index is 379. The van der Waals surface area contributed by atoms with Crippen molar-refractivity contribution < 1.29 is 19.4 Å². The Labute approximate surface area is 95.2 Å². The van der Waals surface area contributed by atoms with E-state index in [1.807, 2.05) is 0 Å². The highest BCUT2D eigenvalue weighted by atomic mass is 32.1. The number of hydrogen-bond donors (Lipinski definition) is 3. The van der Waals surface area contributed by atoms with Crippen LogP contribution in [0.4, 0.5) is 9.93 Å². The van der Waals surface area contributed by atoms with E-state index in [1.54, 1.807) is 5.38 Å². The number of nitrogens with two attached hydrogens (primary N) is 1. The number of amides is 1. The third-order valence-corrected chi connectivity index (χ3v) is 2.36. The summed E-state index contributed by atoms with van der Waals surface area (Å²) < 4.78 is 4.49. The fraction of sp³-hybridized carbons (Fsp3) is 0.375. The first-order valence-electron chi connectivity index (χ1n) is 4.40. The predicted octanol–water partition coefficient (Wildman–Crippen LogP) is 0.277. The van der Waals surface area contributed by atoms with Crippen molar-refractivity contribution in [1.82, 2.24) is 4.98 Å². The Kier molecular flexibility index (Phi) is 4.52. The summed E-state index contributed by atoms with van der Waals surface area (Å²) >= 11 is 1.29. The Balaban J connectivity index is 2.29. The molecule has 1 aromatic heterocycles. The van der Waals surface area contributed by atoms with Gasteiger partial charge in [-0.2, -0.15) is 0 Å². The van der Waals surface area contributed by atoms with Crippen LogP contribution in [0.25, 0.3) is 0 Å². The SMILES string of the molecule is NC(=O)OCCNc1nc(CC(=O)O)cs1. The number of anilines is 1. The van der Waals surface area contributed by atoms with Crippen LogP contribution in [0.5, 0.6) is 0 Å². The fourth-order valence-corrected chi connectivity index (χ4v) is 1.67. The highest BCUT2D eigenvalue weighted by Crippen LogP contribution is 2.15. The third kappa shape index (κ3) is 4.60. The van der Waals surface area contributed by atoms with E-state index >= 15 is 0 Å². The van der Waals surface area contributed by atoms with Gasteiger partial charge in [-0.3, -0.25) is 4.79 Å². The second kappa shape index (κ2) is 5.91. The Hall–Kier alpha value is -1.83. The summed E-state index contributed by atoms with van der Waals surface area (Å²) in [4.78, 5) is 24.6. The molecule has 0 radical (unpaired) electrons. The molecule has 0 aliphatic rings. The smallest absolute Gasteiger partial charge is 0.404 e. The maximum absolute atomic E-state index is 10.4. The number of primary amides is 1. The number of aliphatic carboxylic acids is 1. The molecule has 0 unspecified atom stereocenters. The minimum Gasteiger partial charge on any atom is -0.481 e. The lowest BCUT2D eigenvalue weighted by atomic mass is 10.3. The number of ether oxygens (including phenoxy) is 1. The summed E-state index contributed by atoms with van der Waals surface area (Å²) in [5.74, 6) is -0.922. The molecule has 16 heavy (non-hydrogen) atoms. The van der Waals surface area contributed by atoms with Crippen molar-refractivity contribution >= 4 is 28.5 Å². The lowest BCUT2D eigenvalue weighted by Gasteiger charge is -2.01. The molecule has 0 aromatic carbocycles. The highest BCUT2D eigenvalue weighted by Gasteiger charge is 2.05. The van der Waals surface area contributed by atoms with Crippen molar-refractivity contribution in [2.24, 2.45) is 5.73 Å². The molecule has 0 saturated carbocycles. The van der Waals surface area contributed by atoms with Crippen molar-refractivity contribution in [3.8, 4) is 0 Å². The number of rotatable bonds is 6. The van der Waals surface area contributed by atoms with E-state index in [9.17, 15) is 9.59 Å². The number of carbonyl (C=O) groups is 2. The molecule has 1 heterocycles. The average molecular weight is 245 g/mol. The molecule has 88 valence electrons. The first kappa shape index (κ1) is 12.2. The van der Waals surface area contributed by atoms with Crippen LogP contribution in [0.3, 0.4) is 0 Å². The molecule has 7 nitrogen and oxygen atoms in total. The van der Waals surface area contributed by atoms with Gasteiger partial charge in [0.15, 0.2) is 5.13 Å². The van der Waals surface area contributed by atoms with Gasteiger partial charge in [0.1, 0.15) is 6.61 Å². The number of nitrogens with one attached hydrogen (secondary N) is 1. The summed E-state index contributed by atoms with van der Waals surface area (Å²) in [6.07, 6.45) is -0.928. The number of carbonyl (C=O) groups excluding carboxylic acids is 1. The molecule has 0 fully saturated rings. The summed E-state index contributed by atoms with van der Waals surface area (Å²) in [7, 11) is 0. The van der Waals surface area contributed by atoms with Gasteiger partial charge in [-0.1, -0.05) is 0 Å².